The van der Waals surface area contributed by atoms with Gasteiger partial charge in [-0.05, 0) is 43.9 Å². The third kappa shape index (κ3) is 5.81. The molecule has 1 amide bonds. The molecule has 2 aromatic carbocycles. The molecule has 0 spiro atoms. The van der Waals surface area contributed by atoms with Crippen molar-refractivity contribution in [2.75, 3.05) is 6.54 Å². The van der Waals surface area contributed by atoms with Gasteiger partial charge in [-0.1, -0.05) is 54.6 Å². The van der Waals surface area contributed by atoms with Crippen LogP contribution in [0.5, 0.6) is 0 Å². The van der Waals surface area contributed by atoms with E-state index in [4.69, 9.17) is 4.74 Å². The standard InChI is InChI=1S/C23H30N2O3/c1-23(2,3)28-22(27)24-20(13-17-9-5-4-6-10-17)21(26)16-25-14-18-11-7-8-12-19(18)15-25/h4-12,20-21,26H,13-16H2,1-3H3,(H,24,27)/t20-,21-/m1/s1. The van der Waals surface area contributed by atoms with Crippen molar-refractivity contribution in [3.05, 3.63) is 71.3 Å². The predicted octanol–water partition coefficient (Wildman–Crippen LogP) is 3.50. The fourth-order valence-electron chi connectivity index (χ4n) is 3.53. The number of nitrogens with one attached hydrogen (secondary N) is 1. The van der Waals surface area contributed by atoms with Gasteiger partial charge in [0.05, 0.1) is 12.1 Å². The lowest BCUT2D eigenvalue weighted by atomic mass is 10.0. The molecule has 0 bridgehead atoms. The Morgan fingerprint density at radius 1 is 1.07 bits per heavy atom. The normalized spacial score (nSPS) is 16.3. The molecule has 5 nitrogen and oxygen atoms in total. The Labute approximate surface area is 167 Å². The molecule has 150 valence electrons. The van der Waals surface area contributed by atoms with E-state index < -0.39 is 23.8 Å². The van der Waals surface area contributed by atoms with Crippen molar-refractivity contribution in [2.24, 2.45) is 0 Å². The van der Waals surface area contributed by atoms with Gasteiger partial charge >= 0.3 is 6.09 Å². The topological polar surface area (TPSA) is 61.8 Å². The summed E-state index contributed by atoms with van der Waals surface area (Å²) >= 11 is 0. The molecule has 2 N–H and O–H groups in total. The van der Waals surface area contributed by atoms with Crippen molar-refractivity contribution in [1.29, 1.82) is 0 Å². The molecular weight excluding hydrogens is 352 g/mol. The number of rotatable bonds is 6. The molecule has 0 radical (unpaired) electrons. The van der Waals surface area contributed by atoms with Crippen LogP contribution in [0.15, 0.2) is 54.6 Å². The number of aliphatic hydroxyl groups is 1. The molecule has 2 atom stereocenters. The molecule has 1 heterocycles. The van der Waals surface area contributed by atoms with Crippen LogP contribution in [0.2, 0.25) is 0 Å². The molecule has 0 fully saturated rings. The summed E-state index contributed by atoms with van der Waals surface area (Å²) in [4.78, 5) is 14.5. The monoisotopic (exact) mass is 382 g/mol. The lowest BCUT2D eigenvalue weighted by Gasteiger charge is -2.29. The van der Waals surface area contributed by atoms with Crippen molar-refractivity contribution < 1.29 is 14.6 Å². The molecule has 2 aromatic rings. The van der Waals surface area contributed by atoms with Crippen molar-refractivity contribution in [3.8, 4) is 0 Å². The van der Waals surface area contributed by atoms with Gasteiger partial charge in [0.25, 0.3) is 0 Å². The molecular formula is C23H30N2O3. The summed E-state index contributed by atoms with van der Waals surface area (Å²) in [5.74, 6) is 0. The minimum Gasteiger partial charge on any atom is -0.444 e. The number of amides is 1. The summed E-state index contributed by atoms with van der Waals surface area (Å²) in [6, 6.07) is 17.8. The fourth-order valence-corrected chi connectivity index (χ4v) is 3.53. The smallest absolute Gasteiger partial charge is 0.407 e. The Kier molecular flexibility index (Phi) is 6.37. The van der Waals surface area contributed by atoms with E-state index in [9.17, 15) is 9.90 Å². The van der Waals surface area contributed by atoms with Crippen molar-refractivity contribution in [1.82, 2.24) is 10.2 Å². The van der Waals surface area contributed by atoms with Crippen LogP contribution in [0.3, 0.4) is 0 Å². The lowest BCUT2D eigenvalue weighted by Crippen LogP contribution is -2.50. The second-order valence-electron chi connectivity index (χ2n) is 8.45. The van der Waals surface area contributed by atoms with Crippen LogP contribution in [0, 0.1) is 0 Å². The zero-order valence-corrected chi connectivity index (χ0v) is 16.9. The maximum Gasteiger partial charge on any atom is 0.407 e. The molecule has 28 heavy (non-hydrogen) atoms. The van der Waals surface area contributed by atoms with Gasteiger partial charge < -0.3 is 15.2 Å². The zero-order valence-electron chi connectivity index (χ0n) is 16.9. The number of β-amino-alcohol motifs (C(OH)–C–C–N with tert-alkyl or cyclic N) is 1. The molecule has 0 saturated heterocycles. The number of aliphatic hydroxyl groups excluding tert-OH is 1. The summed E-state index contributed by atoms with van der Waals surface area (Å²) in [5, 5.41) is 13.8. The van der Waals surface area contributed by atoms with Crippen LogP contribution in [0.4, 0.5) is 4.79 Å². The molecule has 1 aliphatic rings. The second-order valence-corrected chi connectivity index (χ2v) is 8.45. The third-order valence-corrected chi connectivity index (χ3v) is 4.82. The SMILES string of the molecule is CC(C)(C)OC(=O)N[C@H](Cc1ccccc1)[C@H](O)CN1Cc2ccccc2C1. The van der Waals surface area contributed by atoms with Crippen LogP contribution >= 0.6 is 0 Å². The Morgan fingerprint density at radius 3 is 2.21 bits per heavy atom. The third-order valence-electron chi connectivity index (χ3n) is 4.82. The largest absolute Gasteiger partial charge is 0.444 e. The zero-order chi connectivity index (χ0) is 20.1. The van der Waals surface area contributed by atoms with E-state index in [-0.39, 0.29) is 0 Å². The van der Waals surface area contributed by atoms with Gasteiger partial charge in [0.2, 0.25) is 0 Å². The van der Waals surface area contributed by atoms with E-state index in [0.29, 0.717) is 13.0 Å². The second kappa shape index (κ2) is 8.76. The number of carbonyl (C=O) groups excluding carboxylic acids is 1. The number of alkyl carbamates (subject to hydrolysis) is 1. The molecule has 0 aromatic heterocycles. The molecule has 3 rings (SSSR count). The van der Waals surface area contributed by atoms with Gasteiger partial charge in [0, 0.05) is 19.6 Å². The van der Waals surface area contributed by atoms with Gasteiger partial charge in [-0.15, -0.1) is 0 Å². The number of hydrogen-bond donors (Lipinski definition) is 2. The first-order valence-electron chi connectivity index (χ1n) is 9.81. The first kappa shape index (κ1) is 20.4. The van der Waals surface area contributed by atoms with Gasteiger partial charge in [0.1, 0.15) is 5.60 Å². The summed E-state index contributed by atoms with van der Waals surface area (Å²) in [7, 11) is 0. The maximum absolute atomic E-state index is 12.3. The Balaban J connectivity index is 1.66. The average molecular weight is 383 g/mol. The Morgan fingerprint density at radius 2 is 1.64 bits per heavy atom. The first-order valence-corrected chi connectivity index (χ1v) is 9.81. The van der Waals surface area contributed by atoms with E-state index in [1.807, 2.05) is 63.2 Å². The minimum absolute atomic E-state index is 0.430. The minimum atomic E-state index is -0.706. The van der Waals surface area contributed by atoms with Crippen LogP contribution in [-0.2, 0) is 24.2 Å². The number of ether oxygens (including phenoxy) is 1. The Bertz CT molecular complexity index is 761. The van der Waals surface area contributed by atoms with E-state index in [0.717, 1.165) is 18.7 Å². The van der Waals surface area contributed by atoms with Crippen LogP contribution < -0.4 is 5.32 Å². The summed E-state index contributed by atoms with van der Waals surface area (Å²) in [5.41, 5.74) is 3.08. The number of hydrogen-bond acceptors (Lipinski definition) is 4. The Hall–Kier alpha value is -2.37. The highest BCUT2D eigenvalue weighted by molar-refractivity contribution is 5.68. The number of benzene rings is 2. The highest BCUT2D eigenvalue weighted by atomic mass is 16.6. The van der Waals surface area contributed by atoms with Crippen molar-refractivity contribution in [3.63, 3.8) is 0 Å². The quantitative estimate of drug-likeness (QED) is 0.803. The molecule has 0 aliphatic carbocycles. The van der Waals surface area contributed by atoms with Crippen LogP contribution in [0.25, 0.3) is 0 Å². The predicted molar refractivity (Wildman–Crippen MR) is 110 cm³/mol. The van der Waals surface area contributed by atoms with Gasteiger partial charge in [-0.3, -0.25) is 4.90 Å². The van der Waals surface area contributed by atoms with Gasteiger partial charge in [-0.25, -0.2) is 4.79 Å². The summed E-state index contributed by atoms with van der Waals surface area (Å²) in [6.07, 6.45) is -0.665. The van der Waals surface area contributed by atoms with E-state index in [1.165, 1.54) is 11.1 Å². The number of nitrogens with zero attached hydrogens (tertiary/aromatic N) is 1. The maximum atomic E-state index is 12.3. The van der Waals surface area contributed by atoms with E-state index in [1.54, 1.807) is 0 Å². The lowest BCUT2D eigenvalue weighted by molar-refractivity contribution is 0.0361. The number of carbonyl (C=O) groups is 1. The molecule has 5 heteroatoms. The van der Waals surface area contributed by atoms with Crippen LogP contribution in [-0.4, -0.2) is 40.4 Å². The van der Waals surface area contributed by atoms with Crippen molar-refractivity contribution >= 4 is 6.09 Å². The van der Waals surface area contributed by atoms with E-state index >= 15 is 0 Å². The van der Waals surface area contributed by atoms with Crippen molar-refractivity contribution in [2.45, 2.75) is 58.0 Å². The van der Waals surface area contributed by atoms with E-state index in [2.05, 4.69) is 22.3 Å². The first-order chi connectivity index (χ1) is 13.3. The highest BCUT2D eigenvalue weighted by Crippen LogP contribution is 2.23. The van der Waals surface area contributed by atoms with Crippen LogP contribution in [0.1, 0.15) is 37.5 Å². The van der Waals surface area contributed by atoms with Gasteiger partial charge in [-0.2, -0.15) is 0 Å². The fraction of sp³-hybridized carbons (Fsp3) is 0.435. The van der Waals surface area contributed by atoms with Gasteiger partial charge in [0.15, 0.2) is 0 Å². The summed E-state index contributed by atoms with van der Waals surface area (Å²) < 4.78 is 5.40. The molecule has 0 saturated carbocycles. The molecule has 0 unspecified atom stereocenters. The summed E-state index contributed by atoms with van der Waals surface area (Å²) in [6.45, 7) is 7.61. The number of fused-ring (bicyclic) bond motifs is 1. The average Bonchev–Trinajstić information content (AvgIpc) is 3.02. The molecule has 1 aliphatic heterocycles. The highest BCUT2D eigenvalue weighted by Gasteiger charge is 2.28.